The molecule has 1 aliphatic rings. The van der Waals surface area contributed by atoms with Crippen LogP contribution >= 0.6 is 0 Å². The molecule has 0 heterocycles. The van der Waals surface area contributed by atoms with Gasteiger partial charge in [0.15, 0.2) is 0 Å². The molecule has 2 rings (SSSR count). The number of carbonyl (C=O) groups is 2. The topological polar surface area (TPSA) is 75.6 Å². The highest BCUT2D eigenvalue weighted by Crippen LogP contribution is 2.41. The number of carboxylic acid groups (broad SMARTS) is 1. The first-order valence-electron chi connectivity index (χ1n) is 7.15. The molecule has 0 radical (unpaired) electrons. The Morgan fingerprint density at radius 1 is 1.38 bits per heavy atom. The van der Waals surface area contributed by atoms with Crippen molar-refractivity contribution in [1.29, 1.82) is 0 Å². The van der Waals surface area contributed by atoms with E-state index in [-0.39, 0.29) is 12.5 Å². The van der Waals surface area contributed by atoms with Crippen LogP contribution in [0.1, 0.15) is 32.3 Å². The van der Waals surface area contributed by atoms with E-state index in [0.29, 0.717) is 5.92 Å². The number of amides is 1. The fourth-order valence-electron chi connectivity index (χ4n) is 2.40. The van der Waals surface area contributed by atoms with Gasteiger partial charge in [-0.3, -0.25) is 0 Å². The zero-order valence-electron chi connectivity index (χ0n) is 12.3. The van der Waals surface area contributed by atoms with Crippen LogP contribution in [0.15, 0.2) is 30.3 Å². The van der Waals surface area contributed by atoms with E-state index in [2.05, 4.69) is 5.32 Å². The summed E-state index contributed by atoms with van der Waals surface area (Å²) in [6.07, 6.45) is 1.34. The van der Waals surface area contributed by atoms with Gasteiger partial charge in [0.05, 0.1) is 0 Å². The zero-order chi connectivity index (χ0) is 15.5. The smallest absolute Gasteiger partial charge is 0.408 e. The van der Waals surface area contributed by atoms with Crippen LogP contribution in [-0.2, 0) is 16.1 Å². The maximum absolute atomic E-state index is 11.9. The standard InChI is InChI=1S/C16H21NO4/c1-11(13-8-9-13)16(2,14(18)19)17-15(20)21-10-12-6-4-3-5-7-12/h3-7,11,13H,8-10H2,1-2H3,(H,17,20)(H,18,19)/t11?,16-/m0/s1. The second-order valence-corrected chi connectivity index (χ2v) is 5.82. The third-order valence-corrected chi connectivity index (χ3v) is 4.26. The lowest BCUT2D eigenvalue weighted by Crippen LogP contribution is -2.57. The van der Waals surface area contributed by atoms with Gasteiger partial charge in [0.1, 0.15) is 12.1 Å². The number of rotatable bonds is 6. The zero-order valence-corrected chi connectivity index (χ0v) is 12.3. The van der Waals surface area contributed by atoms with Crippen LogP contribution in [0.3, 0.4) is 0 Å². The number of alkyl carbamates (subject to hydrolysis) is 1. The molecule has 1 aliphatic carbocycles. The molecule has 0 bridgehead atoms. The number of hydrogen-bond acceptors (Lipinski definition) is 3. The van der Waals surface area contributed by atoms with E-state index in [9.17, 15) is 14.7 Å². The Balaban J connectivity index is 1.93. The van der Waals surface area contributed by atoms with E-state index in [1.807, 2.05) is 37.3 Å². The monoisotopic (exact) mass is 291 g/mol. The van der Waals surface area contributed by atoms with Gasteiger partial charge in [0, 0.05) is 0 Å². The molecule has 0 saturated heterocycles. The minimum Gasteiger partial charge on any atom is -0.480 e. The Morgan fingerprint density at radius 3 is 2.52 bits per heavy atom. The van der Waals surface area contributed by atoms with Gasteiger partial charge < -0.3 is 15.2 Å². The van der Waals surface area contributed by atoms with Crippen molar-refractivity contribution >= 4 is 12.1 Å². The minimum absolute atomic E-state index is 0.125. The number of benzene rings is 1. The summed E-state index contributed by atoms with van der Waals surface area (Å²) < 4.78 is 5.11. The molecule has 2 N–H and O–H groups in total. The first-order valence-corrected chi connectivity index (χ1v) is 7.15. The average Bonchev–Trinajstić information content (AvgIpc) is 3.29. The quantitative estimate of drug-likeness (QED) is 0.845. The molecular weight excluding hydrogens is 270 g/mol. The summed E-state index contributed by atoms with van der Waals surface area (Å²) in [5, 5.41) is 12.0. The number of carboxylic acids is 1. The van der Waals surface area contributed by atoms with Gasteiger partial charge in [-0.15, -0.1) is 0 Å². The summed E-state index contributed by atoms with van der Waals surface area (Å²) in [5.41, 5.74) is -0.436. The van der Waals surface area contributed by atoms with E-state index in [0.717, 1.165) is 18.4 Å². The van der Waals surface area contributed by atoms with Crippen molar-refractivity contribution in [2.75, 3.05) is 0 Å². The van der Waals surface area contributed by atoms with Crippen molar-refractivity contribution in [1.82, 2.24) is 5.32 Å². The fourth-order valence-corrected chi connectivity index (χ4v) is 2.40. The molecule has 2 atom stereocenters. The summed E-state index contributed by atoms with van der Waals surface area (Å²) in [6.45, 7) is 3.53. The molecule has 5 nitrogen and oxygen atoms in total. The van der Waals surface area contributed by atoms with Crippen LogP contribution in [0.25, 0.3) is 0 Å². The van der Waals surface area contributed by atoms with Gasteiger partial charge >= 0.3 is 12.1 Å². The SMILES string of the molecule is CC(C1CC1)[C@](C)(NC(=O)OCc1ccccc1)C(=O)O. The van der Waals surface area contributed by atoms with Crippen molar-refractivity contribution in [3.05, 3.63) is 35.9 Å². The first kappa shape index (κ1) is 15.4. The Morgan fingerprint density at radius 2 is 2.00 bits per heavy atom. The van der Waals surface area contributed by atoms with Gasteiger partial charge in [-0.2, -0.15) is 0 Å². The van der Waals surface area contributed by atoms with Crippen molar-refractivity contribution in [2.24, 2.45) is 11.8 Å². The molecule has 21 heavy (non-hydrogen) atoms. The lowest BCUT2D eigenvalue weighted by molar-refractivity contribution is -0.146. The first-order chi connectivity index (χ1) is 9.93. The molecule has 0 aliphatic heterocycles. The third kappa shape index (κ3) is 3.74. The Labute approximate surface area is 124 Å². The highest BCUT2D eigenvalue weighted by Gasteiger charge is 2.47. The van der Waals surface area contributed by atoms with Gasteiger partial charge in [-0.05, 0) is 37.2 Å². The lowest BCUT2D eigenvalue weighted by Gasteiger charge is -2.32. The minimum atomic E-state index is -1.30. The number of hydrogen-bond donors (Lipinski definition) is 2. The number of nitrogens with one attached hydrogen (secondary N) is 1. The van der Waals surface area contributed by atoms with Gasteiger partial charge in [0.2, 0.25) is 0 Å². The molecule has 1 unspecified atom stereocenters. The molecule has 1 aromatic carbocycles. The molecule has 0 spiro atoms. The highest BCUT2D eigenvalue weighted by molar-refractivity contribution is 5.84. The van der Waals surface area contributed by atoms with E-state index in [4.69, 9.17) is 4.74 Å². The molecular formula is C16H21NO4. The Bertz CT molecular complexity index is 512. The van der Waals surface area contributed by atoms with Crippen molar-refractivity contribution in [3.8, 4) is 0 Å². The second kappa shape index (κ2) is 6.16. The van der Waals surface area contributed by atoms with Crippen LogP contribution in [0, 0.1) is 11.8 Å². The maximum atomic E-state index is 11.9. The summed E-state index contributed by atoms with van der Waals surface area (Å²) >= 11 is 0. The fraction of sp³-hybridized carbons (Fsp3) is 0.500. The molecule has 0 aromatic heterocycles. The van der Waals surface area contributed by atoms with Gasteiger partial charge in [0.25, 0.3) is 0 Å². The predicted octanol–water partition coefficient (Wildman–Crippen LogP) is 2.80. The molecule has 1 aromatic rings. The van der Waals surface area contributed by atoms with Crippen molar-refractivity contribution in [2.45, 2.75) is 38.8 Å². The number of ether oxygens (including phenoxy) is 1. The lowest BCUT2D eigenvalue weighted by atomic mass is 9.83. The van der Waals surface area contributed by atoms with Gasteiger partial charge in [-0.1, -0.05) is 37.3 Å². The normalized spacial score (nSPS) is 18.4. The summed E-state index contributed by atoms with van der Waals surface area (Å²) in [6, 6.07) is 9.27. The maximum Gasteiger partial charge on any atom is 0.408 e. The van der Waals surface area contributed by atoms with Crippen LogP contribution in [-0.4, -0.2) is 22.7 Å². The van der Waals surface area contributed by atoms with Crippen LogP contribution in [0.5, 0.6) is 0 Å². The molecule has 1 amide bonds. The van der Waals surface area contributed by atoms with E-state index < -0.39 is 17.6 Å². The Hall–Kier alpha value is -2.04. The number of aliphatic carboxylic acids is 1. The average molecular weight is 291 g/mol. The van der Waals surface area contributed by atoms with Crippen molar-refractivity contribution < 1.29 is 19.4 Å². The molecule has 5 heteroatoms. The molecule has 114 valence electrons. The largest absolute Gasteiger partial charge is 0.480 e. The predicted molar refractivity (Wildman–Crippen MR) is 77.7 cm³/mol. The number of carbonyl (C=O) groups excluding carboxylic acids is 1. The third-order valence-electron chi connectivity index (χ3n) is 4.26. The van der Waals surface area contributed by atoms with E-state index >= 15 is 0 Å². The summed E-state index contributed by atoms with van der Waals surface area (Å²) in [5.74, 6) is -0.793. The van der Waals surface area contributed by atoms with E-state index in [1.54, 1.807) is 6.92 Å². The molecule has 1 fully saturated rings. The molecule has 1 saturated carbocycles. The summed E-state index contributed by atoms with van der Waals surface area (Å²) in [7, 11) is 0. The Kier molecular flexibility index (Phi) is 4.50. The second-order valence-electron chi connectivity index (χ2n) is 5.82. The summed E-state index contributed by atoms with van der Waals surface area (Å²) in [4.78, 5) is 23.4. The van der Waals surface area contributed by atoms with Crippen LogP contribution < -0.4 is 5.32 Å². The van der Waals surface area contributed by atoms with E-state index in [1.165, 1.54) is 0 Å². The highest BCUT2D eigenvalue weighted by atomic mass is 16.5. The van der Waals surface area contributed by atoms with Gasteiger partial charge in [-0.25, -0.2) is 9.59 Å². The van der Waals surface area contributed by atoms with Crippen molar-refractivity contribution in [3.63, 3.8) is 0 Å². The van der Waals surface area contributed by atoms with Crippen LogP contribution in [0.4, 0.5) is 4.79 Å². The van der Waals surface area contributed by atoms with Crippen LogP contribution in [0.2, 0.25) is 0 Å².